The monoisotopic (exact) mass is 285 g/mol. The van der Waals surface area contributed by atoms with Gasteiger partial charge in [0.15, 0.2) is 0 Å². The molecule has 1 aliphatic heterocycles. The fourth-order valence-corrected chi connectivity index (χ4v) is 2.02. The minimum absolute atomic E-state index is 0. The molecule has 0 aromatic heterocycles. The van der Waals surface area contributed by atoms with Gasteiger partial charge in [-0.25, -0.2) is 4.79 Å². The summed E-state index contributed by atoms with van der Waals surface area (Å²) < 4.78 is 0. The highest BCUT2D eigenvalue weighted by molar-refractivity contribution is 5.88. The maximum atomic E-state index is 11.6. The predicted molar refractivity (Wildman–Crippen MR) is 75.3 cm³/mol. The Morgan fingerprint density at radius 3 is 2.53 bits per heavy atom. The lowest BCUT2D eigenvalue weighted by atomic mass is 9.82. The first-order valence-electron chi connectivity index (χ1n) is 6.29. The zero-order valence-electron chi connectivity index (χ0n) is 11.1. The maximum Gasteiger partial charge on any atom is 0.373 e. The molecule has 1 aromatic carbocycles. The molecule has 5 heteroatoms. The Kier molecular flexibility index (Phi) is 6.28. The number of nitrogens with one attached hydrogen (secondary N) is 1. The largest absolute Gasteiger partial charge is 0.373 e. The molecular formula is C14H20ClNO3. The van der Waals surface area contributed by atoms with Gasteiger partial charge < -0.3 is 5.32 Å². The zero-order valence-corrected chi connectivity index (χ0v) is 11.9. The fraction of sp³-hybridized carbons (Fsp3) is 0.500. The summed E-state index contributed by atoms with van der Waals surface area (Å²) >= 11 is 0. The van der Waals surface area contributed by atoms with Crippen LogP contribution in [0.3, 0.4) is 0 Å². The van der Waals surface area contributed by atoms with Crippen LogP contribution in [0.1, 0.15) is 30.1 Å². The number of carbonyl (C=O) groups excluding carboxylic acids is 1. The molecule has 0 unspecified atom stereocenters. The van der Waals surface area contributed by atoms with E-state index in [1.807, 2.05) is 6.07 Å². The van der Waals surface area contributed by atoms with E-state index in [0.29, 0.717) is 12.2 Å². The van der Waals surface area contributed by atoms with E-state index in [1.165, 1.54) is 0 Å². The molecule has 0 amide bonds. The Morgan fingerprint density at radius 2 is 1.89 bits per heavy atom. The average Bonchev–Trinajstić information content (AvgIpc) is 2.40. The molecule has 0 saturated carbocycles. The van der Waals surface area contributed by atoms with Crippen LogP contribution in [0.25, 0.3) is 0 Å². The number of halogens is 1. The minimum atomic E-state index is -0.437. The lowest BCUT2D eigenvalue weighted by molar-refractivity contribution is -0.260. The molecule has 0 bridgehead atoms. The summed E-state index contributed by atoms with van der Waals surface area (Å²) in [5.74, 6) is -0.437. The van der Waals surface area contributed by atoms with E-state index in [9.17, 15) is 4.79 Å². The van der Waals surface area contributed by atoms with Gasteiger partial charge in [-0.2, -0.15) is 4.89 Å². The summed E-state index contributed by atoms with van der Waals surface area (Å²) in [7, 11) is 0. The Labute approximate surface area is 119 Å². The van der Waals surface area contributed by atoms with Crippen molar-refractivity contribution in [1.82, 2.24) is 5.32 Å². The number of benzene rings is 1. The van der Waals surface area contributed by atoms with E-state index >= 15 is 0 Å². The van der Waals surface area contributed by atoms with Gasteiger partial charge in [0.25, 0.3) is 0 Å². The SMILES string of the molecule is CC1(COOC(=O)c2ccccc2)CCNCC1.Cl. The highest BCUT2D eigenvalue weighted by Crippen LogP contribution is 2.28. The molecule has 19 heavy (non-hydrogen) atoms. The molecule has 1 heterocycles. The van der Waals surface area contributed by atoms with Crippen molar-refractivity contribution in [2.24, 2.45) is 5.41 Å². The smallest absolute Gasteiger partial charge is 0.317 e. The zero-order chi connectivity index (χ0) is 12.8. The maximum absolute atomic E-state index is 11.6. The van der Waals surface area contributed by atoms with Gasteiger partial charge in [-0.05, 0) is 43.5 Å². The van der Waals surface area contributed by atoms with Crippen LogP contribution < -0.4 is 5.32 Å². The lowest BCUT2D eigenvalue weighted by Crippen LogP contribution is -2.37. The van der Waals surface area contributed by atoms with Gasteiger partial charge in [-0.1, -0.05) is 25.1 Å². The van der Waals surface area contributed by atoms with Gasteiger partial charge in [-0.3, -0.25) is 4.89 Å². The van der Waals surface area contributed by atoms with Crippen molar-refractivity contribution in [1.29, 1.82) is 0 Å². The molecule has 2 rings (SSSR count). The highest BCUT2D eigenvalue weighted by Gasteiger charge is 2.28. The van der Waals surface area contributed by atoms with Crippen LogP contribution in [-0.4, -0.2) is 25.7 Å². The van der Waals surface area contributed by atoms with E-state index < -0.39 is 5.97 Å². The van der Waals surface area contributed by atoms with E-state index in [4.69, 9.17) is 9.78 Å². The van der Waals surface area contributed by atoms with E-state index in [0.717, 1.165) is 25.9 Å². The van der Waals surface area contributed by atoms with Gasteiger partial charge >= 0.3 is 5.97 Å². The van der Waals surface area contributed by atoms with Crippen LogP contribution in [-0.2, 0) is 9.78 Å². The second-order valence-corrected chi connectivity index (χ2v) is 5.06. The molecule has 1 fully saturated rings. The standard InChI is InChI=1S/C14H19NO3.ClH/c1-14(7-9-15-10-8-14)11-17-18-13(16)12-5-3-2-4-6-12;/h2-6,15H,7-11H2,1H3;1H. The molecule has 1 aromatic rings. The van der Waals surface area contributed by atoms with Gasteiger partial charge in [0.05, 0.1) is 12.2 Å². The van der Waals surface area contributed by atoms with Gasteiger partial charge in [0.2, 0.25) is 0 Å². The summed E-state index contributed by atoms with van der Waals surface area (Å²) in [5, 5.41) is 3.30. The summed E-state index contributed by atoms with van der Waals surface area (Å²) in [6, 6.07) is 8.86. The predicted octanol–water partition coefficient (Wildman–Crippen LogP) is 2.59. The van der Waals surface area contributed by atoms with Crippen LogP contribution in [0.15, 0.2) is 30.3 Å². The second-order valence-electron chi connectivity index (χ2n) is 5.06. The summed E-state index contributed by atoms with van der Waals surface area (Å²) in [4.78, 5) is 21.6. The molecule has 0 spiro atoms. The number of piperidine rings is 1. The van der Waals surface area contributed by atoms with Crippen molar-refractivity contribution in [2.75, 3.05) is 19.7 Å². The first-order valence-corrected chi connectivity index (χ1v) is 6.29. The second kappa shape index (κ2) is 7.48. The van der Waals surface area contributed by atoms with Crippen LogP contribution in [0, 0.1) is 5.41 Å². The molecule has 1 N–H and O–H groups in total. The van der Waals surface area contributed by atoms with Gasteiger partial charge in [0.1, 0.15) is 0 Å². The summed E-state index contributed by atoms with van der Waals surface area (Å²) in [6.45, 7) is 4.59. The quantitative estimate of drug-likeness (QED) is 0.682. The fourth-order valence-electron chi connectivity index (χ4n) is 2.02. The van der Waals surface area contributed by atoms with Crippen molar-refractivity contribution >= 4 is 18.4 Å². The molecule has 4 nitrogen and oxygen atoms in total. The minimum Gasteiger partial charge on any atom is -0.317 e. The van der Waals surface area contributed by atoms with Crippen molar-refractivity contribution in [3.8, 4) is 0 Å². The Hall–Kier alpha value is -1.10. The van der Waals surface area contributed by atoms with Crippen molar-refractivity contribution < 1.29 is 14.6 Å². The van der Waals surface area contributed by atoms with E-state index in [-0.39, 0.29) is 17.8 Å². The van der Waals surface area contributed by atoms with Crippen LogP contribution in [0.4, 0.5) is 0 Å². The number of hydrogen-bond acceptors (Lipinski definition) is 4. The topological polar surface area (TPSA) is 47.6 Å². The van der Waals surface area contributed by atoms with Crippen LogP contribution in [0.5, 0.6) is 0 Å². The molecule has 0 atom stereocenters. The molecule has 0 radical (unpaired) electrons. The lowest BCUT2D eigenvalue weighted by Gasteiger charge is -2.32. The third-order valence-corrected chi connectivity index (χ3v) is 3.36. The van der Waals surface area contributed by atoms with Crippen molar-refractivity contribution in [3.63, 3.8) is 0 Å². The average molecular weight is 286 g/mol. The molecular weight excluding hydrogens is 266 g/mol. The Balaban J connectivity index is 0.00000180. The first-order chi connectivity index (χ1) is 8.70. The molecule has 1 saturated heterocycles. The van der Waals surface area contributed by atoms with Crippen LogP contribution >= 0.6 is 12.4 Å². The van der Waals surface area contributed by atoms with E-state index in [1.54, 1.807) is 24.3 Å². The van der Waals surface area contributed by atoms with E-state index in [2.05, 4.69) is 12.2 Å². The number of carbonyl (C=O) groups is 1. The molecule has 0 aliphatic carbocycles. The summed E-state index contributed by atoms with van der Waals surface area (Å²) in [6.07, 6.45) is 2.08. The number of hydrogen-bond donors (Lipinski definition) is 1. The van der Waals surface area contributed by atoms with Gasteiger partial charge in [-0.15, -0.1) is 12.4 Å². The summed E-state index contributed by atoms with van der Waals surface area (Å²) in [5.41, 5.74) is 0.607. The molecule has 1 aliphatic rings. The highest BCUT2D eigenvalue weighted by atomic mass is 35.5. The number of rotatable bonds is 4. The Morgan fingerprint density at radius 1 is 1.26 bits per heavy atom. The van der Waals surface area contributed by atoms with Crippen molar-refractivity contribution in [3.05, 3.63) is 35.9 Å². The normalized spacial score (nSPS) is 17.3. The Bertz CT molecular complexity index is 391. The first kappa shape index (κ1) is 16.0. The third kappa shape index (κ3) is 4.82. The third-order valence-electron chi connectivity index (χ3n) is 3.36. The van der Waals surface area contributed by atoms with Gasteiger partial charge in [0, 0.05) is 0 Å². The van der Waals surface area contributed by atoms with Crippen LogP contribution in [0.2, 0.25) is 0 Å². The van der Waals surface area contributed by atoms with Crippen molar-refractivity contribution in [2.45, 2.75) is 19.8 Å². The molecule has 106 valence electrons.